The Kier molecular flexibility index (Phi) is 6.97. The Bertz CT molecular complexity index is 287. The van der Waals surface area contributed by atoms with Crippen molar-refractivity contribution in [1.29, 1.82) is 0 Å². The van der Waals surface area contributed by atoms with Gasteiger partial charge in [-0.25, -0.2) is 0 Å². The van der Waals surface area contributed by atoms with Gasteiger partial charge in [0.15, 0.2) is 0 Å². The first-order valence-corrected chi connectivity index (χ1v) is 9.23. The van der Waals surface area contributed by atoms with Crippen molar-refractivity contribution in [3.8, 4) is 0 Å². The lowest BCUT2D eigenvalue weighted by atomic mass is 9.84. The SMILES string of the molecule is CC(C)C(O)CCNC1CCN(C2CCCCC2C)CC1. The fourth-order valence-corrected chi connectivity index (χ4v) is 4.04. The molecule has 1 heterocycles. The van der Waals surface area contributed by atoms with E-state index in [0.717, 1.165) is 24.9 Å². The van der Waals surface area contributed by atoms with Gasteiger partial charge in [0.2, 0.25) is 0 Å². The number of hydrogen-bond donors (Lipinski definition) is 2. The molecule has 0 bridgehead atoms. The highest BCUT2D eigenvalue weighted by Gasteiger charge is 2.29. The van der Waals surface area contributed by atoms with Crippen molar-refractivity contribution in [2.24, 2.45) is 11.8 Å². The lowest BCUT2D eigenvalue weighted by Crippen LogP contribution is -2.49. The molecule has 3 heteroatoms. The van der Waals surface area contributed by atoms with Gasteiger partial charge in [-0.15, -0.1) is 0 Å². The van der Waals surface area contributed by atoms with Crippen molar-refractivity contribution in [3.63, 3.8) is 0 Å². The molecular weight excluding hydrogens is 260 g/mol. The van der Waals surface area contributed by atoms with Crippen molar-refractivity contribution >= 4 is 0 Å². The summed E-state index contributed by atoms with van der Waals surface area (Å²) >= 11 is 0. The second-order valence-electron chi connectivity index (χ2n) is 7.69. The summed E-state index contributed by atoms with van der Waals surface area (Å²) in [6.45, 7) is 10.1. The largest absolute Gasteiger partial charge is 0.393 e. The zero-order valence-corrected chi connectivity index (χ0v) is 14.4. The molecule has 2 rings (SSSR count). The molecular formula is C18H36N2O. The predicted molar refractivity (Wildman–Crippen MR) is 89.5 cm³/mol. The van der Waals surface area contributed by atoms with E-state index in [0.29, 0.717) is 12.0 Å². The van der Waals surface area contributed by atoms with Gasteiger partial charge >= 0.3 is 0 Å². The summed E-state index contributed by atoms with van der Waals surface area (Å²) in [5, 5.41) is 13.5. The molecule has 21 heavy (non-hydrogen) atoms. The molecule has 1 aliphatic carbocycles. The molecule has 0 spiro atoms. The van der Waals surface area contributed by atoms with E-state index in [2.05, 4.69) is 31.0 Å². The first kappa shape index (κ1) is 17.2. The Hall–Kier alpha value is -0.120. The summed E-state index contributed by atoms with van der Waals surface area (Å²) in [6.07, 6.45) is 9.00. The first-order valence-electron chi connectivity index (χ1n) is 9.23. The van der Waals surface area contributed by atoms with Crippen LogP contribution in [0.15, 0.2) is 0 Å². The standard InChI is InChI=1S/C18H36N2O/c1-14(2)18(21)8-11-19-16-9-12-20(13-10-16)17-7-5-4-6-15(17)3/h14-19,21H,4-13H2,1-3H3. The van der Waals surface area contributed by atoms with Crippen molar-refractivity contribution < 1.29 is 5.11 Å². The Morgan fingerprint density at radius 1 is 1.10 bits per heavy atom. The van der Waals surface area contributed by atoms with Gasteiger partial charge in [-0.3, -0.25) is 0 Å². The molecule has 1 saturated heterocycles. The molecule has 3 unspecified atom stereocenters. The fraction of sp³-hybridized carbons (Fsp3) is 1.00. The normalized spacial score (nSPS) is 30.7. The van der Waals surface area contributed by atoms with Crippen LogP contribution in [0.1, 0.15) is 65.7 Å². The minimum Gasteiger partial charge on any atom is -0.393 e. The van der Waals surface area contributed by atoms with Gasteiger partial charge < -0.3 is 15.3 Å². The van der Waals surface area contributed by atoms with Crippen LogP contribution >= 0.6 is 0 Å². The van der Waals surface area contributed by atoms with Gasteiger partial charge in [0, 0.05) is 12.1 Å². The molecule has 3 atom stereocenters. The van der Waals surface area contributed by atoms with Crippen LogP contribution in [-0.4, -0.2) is 47.8 Å². The van der Waals surface area contributed by atoms with Crippen LogP contribution in [0.4, 0.5) is 0 Å². The summed E-state index contributed by atoms with van der Waals surface area (Å²) in [7, 11) is 0. The van der Waals surface area contributed by atoms with Gasteiger partial charge in [0.25, 0.3) is 0 Å². The van der Waals surface area contributed by atoms with E-state index in [9.17, 15) is 5.11 Å². The van der Waals surface area contributed by atoms with Gasteiger partial charge in [-0.2, -0.15) is 0 Å². The molecule has 2 N–H and O–H groups in total. The van der Waals surface area contributed by atoms with Crippen LogP contribution in [0.3, 0.4) is 0 Å². The zero-order chi connectivity index (χ0) is 15.2. The van der Waals surface area contributed by atoms with Crippen molar-refractivity contribution in [3.05, 3.63) is 0 Å². The van der Waals surface area contributed by atoms with E-state index < -0.39 is 0 Å². The number of piperidine rings is 1. The monoisotopic (exact) mass is 296 g/mol. The molecule has 0 aromatic heterocycles. The third kappa shape index (κ3) is 5.22. The number of nitrogens with zero attached hydrogens (tertiary/aromatic N) is 1. The number of aliphatic hydroxyl groups excluding tert-OH is 1. The molecule has 0 amide bonds. The molecule has 2 aliphatic rings. The van der Waals surface area contributed by atoms with E-state index in [4.69, 9.17) is 0 Å². The molecule has 124 valence electrons. The highest BCUT2D eigenvalue weighted by atomic mass is 16.3. The fourth-order valence-electron chi connectivity index (χ4n) is 4.04. The average molecular weight is 296 g/mol. The maximum absolute atomic E-state index is 9.85. The van der Waals surface area contributed by atoms with Gasteiger partial charge in [0.05, 0.1) is 6.10 Å². The third-order valence-electron chi connectivity index (χ3n) is 5.71. The van der Waals surface area contributed by atoms with Crippen LogP contribution in [0.25, 0.3) is 0 Å². The van der Waals surface area contributed by atoms with Crippen LogP contribution in [0, 0.1) is 11.8 Å². The van der Waals surface area contributed by atoms with E-state index in [1.165, 1.54) is 51.6 Å². The Labute approximate surface area is 131 Å². The predicted octanol–water partition coefficient (Wildman–Crippen LogP) is 3.03. The molecule has 1 aliphatic heterocycles. The average Bonchev–Trinajstić information content (AvgIpc) is 2.48. The van der Waals surface area contributed by atoms with E-state index in [1.54, 1.807) is 0 Å². The maximum atomic E-state index is 9.85. The van der Waals surface area contributed by atoms with Crippen LogP contribution in [0.5, 0.6) is 0 Å². The second-order valence-corrected chi connectivity index (χ2v) is 7.69. The molecule has 1 saturated carbocycles. The molecule has 2 fully saturated rings. The lowest BCUT2D eigenvalue weighted by Gasteiger charge is -2.42. The molecule has 0 radical (unpaired) electrons. The molecule has 0 aromatic carbocycles. The van der Waals surface area contributed by atoms with E-state index in [1.807, 2.05) is 0 Å². The number of nitrogens with one attached hydrogen (secondary N) is 1. The maximum Gasteiger partial charge on any atom is 0.0575 e. The van der Waals surface area contributed by atoms with Gasteiger partial charge in [0.1, 0.15) is 0 Å². The van der Waals surface area contributed by atoms with Crippen LogP contribution < -0.4 is 5.32 Å². The summed E-state index contributed by atoms with van der Waals surface area (Å²) in [5.41, 5.74) is 0. The number of hydrogen-bond acceptors (Lipinski definition) is 3. The van der Waals surface area contributed by atoms with Crippen molar-refractivity contribution in [2.75, 3.05) is 19.6 Å². The van der Waals surface area contributed by atoms with Crippen LogP contribution in [0.2, 0.25) is 0 Å². The summed E-state index contributed by atoms with van der Waals surface area (Å²) < 4.78 is 0. The lowest BCUT2D eigenvalue weighted by molar-refractivity contribution is 0.0788. The van der Waals surface area contributed by atoms with Crippen molar-refractivity contribution in [1.82, 2.24) is 10.2 Å². The Morgan fingerprint density at radius 3 is 2.38 bits per heavy atom. The summed E-state index contributed by atoms with van der Waals surface area (Å²) in [5.74, 6) is 1.27. The highest BCUT2D eigenvalue weighted by molar-refractivity contribution is 4.86. The number of aliphatic hydroxyl groups is 1. The van der Waals surface area contributed by atoms with E-state index >= 15 is 0 Å². The van der Waals surface area contributed by atoms with Crippen molar-refractivity contribution in [2.45, 2.75) is 83.9 Å². The van der Waals surface area contributed by atoms with E-state index in [-0.39, 0.29) is 6.10 Å². The molecule has 3 nitrogen and oxygen atoms in total. The topological polar surface area (TPSA) is 35.5 Å². The smallest absolute Gasteiger partial charge is 0.0575 e. The minimum absolute atomic E-state index is 0.152. The quantitative estimate of drug-likeness (QED) is 0.791. The number of rotatable bonds is 6. The Balaban J connectivity index is 1.64. The van der Waals surface area contributed by atoms with Crippen LogP contribution in [-0.2, 0) is 0 Å². The third-order valence-corrected chi connectivity index (χ3v) is 5.71. The molecule has 0 aromatic rings. The summed E-state index contributed by atoms with van der Waals surface area (Å²) in [4.78, 5) is 2.75. The minimum atomic E-state index is -0.152. The number of likely N-dealkylation sites (tertiary alicyclic amines) is 1. The second kappa shape index (κ2) is 8.50. The van der Waals surface area contributed by atoms with Gasteiger partial charge in [-0.1, -0.05) is 33.6 Å². The Morgan fingerprint density at radius 2 is 1.76 bits per heavy atom. The first-order chi connectivity index (χ1) is 10.1. The van der Waals surface area contributed by atoms with Gasteiger partial charge in [-0.05, 0) is 63.6 Å². The summed E-state index contributed by atoms with van der Waals surface area (Å²) in [6, 6.07) is 1.52. The zero-order valence-electron chi connectivity index (χ0n) is 14.4. The highest BCUT2D eigenvalue weighted by Crippen LogP contribution is 2.29.